The molecule has 0 unspecified atom stereocenters. The average Bonchev–Trinajstić information content (AvgIpc) is 3.09. The molecule has 0 aliphatic carbocycles. The van der Waals surface area contributed by atoms with Crippen LogP contribution < -0.4 is 20.1 Å². The molecule has 1 aliphatic heterocycles. The number of ether oxygens (including phenoxy) is 2. The highest BCUT2D eigenvalue weighted by molar-refractivity contribution is 7.99. The number of aromatic nitrogens is 2. The minimum Gasteiger partial charge on any atom is -0.486 e. The predicted octanol–water partition coefficient (Wildman–Crippen LogP) is 2.77. The lowest BCUT2D eigenvalue weighted by atomic mass is 10.2. The second-order valence-corrected chi connectivity index (χ2v) is 6.67. The van der Waals surface area contributed by atoms with Crippen LogP contribution in [0.15, 0.2) is 47.6 Å². The third-order valence-corrected chi connectivity index (χ3v) is 4.63. The molecule has 9 heteroatoms. The molecule has 2 heterocycles. The van der Waals surface area contributed by atoms with E-state index in [-0.39, 0.29) is 5.75 Å². The molecular formula is C18H16N4O4S. The summed E-state index contributed by atoms with van der Waals surface area (Å²) in [7, 11) is 0. The molecule has 3 aromatic rings. The Morgan fingerprint density at radius 1 is 1.11 bits per heavy atom. The number of aromatic amines is 1. The van der Waals surface area contributed by atoms with Gasteiger partial charge in [-0.05, 0) is 24.3 Å². The van der Waals surface area contributed by atoms with Crippen molar-refractivity contribution in [2.45, 2.75) is 5.16 Å². The molecule has 0 fully saturated rings. The van der Waals surface area contributed by atoms with Gasteiger partial charge in [-0.3, -0.25) is 10.1 Å². The Kier molecular flexibility index (Phi) is 4.84. The Bertz CT molecular complexity index is 971. The molecule has 2 aromatic carbocycles. The summed E-state index contributed by atoms with van der Waals surface area (Å²) in [5, 5.41) is 5.52. The smallest absolute Gasteiger partial charge is 0.325 e. The summed E-state index contributed by atoms with van der Waals surface area (Å²) >= 11 is 1.23. The molecule has 0 saturated carbocycles. The maximum Gasteiger partial charge on any atom is 0.325 e. The van der Waals surface area contributed by atoms with Crippen LogP contribution in [-0.4, -0.2) is 40.9 Å². The van der Waals surface area contributed by atoms with Crippen molar-refractivity contribution in [1.82, 2.24) is 15.3 Å². The fourth-order valence-corrected chi connectivity index (χ4v) is 3.26. The highest BCUT2D eigenvalue weighted by Crippen LogP contribution is 2.32. The number of hydrogen-bond donors (Lipinski definition) is 3. The van der Waals surface area contributed by atoms with Crippen molar-refractivity contribution in [1.29, 1.82) is 0 Å². The van der Waals surface area contributed by atoms with Gasteiger partial charge in [-0.1, -0.05) is 23.9 Å². The van der Waals surface area contributed by atoms with Crippen molar-refractivity contribution in [3.05, 3.63) is 42.5 Å². The minimum atomic E-state index is -0.609. The monoisotopic (exact) mass is 384 g/mol. The highest BCUT2D eigenvalue weighted by atomic mass is 32.2. The molecule has 0 saturated heterocycles. The number of para-hydroxylation sites is 2. The summed E-state index contributed by atoms with van der Waals surface area (Å²) in [4.78, 5) is 31.5. The van der Waals surface area contributed by atoms with E-state index in [2.05, 4.69) is 20.6 Å². The number of carbonyl (C=O) groups excluding carboxylic acids is 2. The van der Waals surface area contributed by atoms with Crippen LogP contribution in [0.2, 0.25) is 0 Å². The Morgan fingerprint density at radius 2 is 1.93 bits per heavy atom. The molecule has 27 heavy (non-hydrogen) atoms. The first-order chi connectivity index (χ1) is 13.2. The van der Waals surface area contributed by atoms with E-state index in [1.165, 1.54) is 11.8 Å². The summed E-state index contributed by atoms with van der Waals surface area (Å²) in [6.07, 6.45) is 0. The molecule has 1 aliphatic rings. The summed E-state index contributed by atoms with van der Waals surface area (Å²) in [6.45, 7) is 0.956. The SMILES string of the molecule is O=C(CSc1nc2ccccc2[nH]1)NC(=O)Nc1ccc2c(c1)OCCO2. The number of amides is 3. The number of fused-ring (bicyclic) bond motifs is 2. The van der Waals surface area contributed by atoms with Crippen LogP contribution in [0.1, 0.15) is 0 Å². The Morgan fingerprint density at radius 3 is 2.78 bits per heavy atom. The Labute approximate surface area is 158 Å². The first-order valence-electron chi connectivity index (χ1n) is 8.25. The van der Waals surface area contributed by atoms with Crippen LogP contribution in [0.25, 0.3) is 11.0 Å². The van der Waals surface area contributed by atoms with E-state index in [0.29, 0.717) is 35.6 Å². The van der Waals surface area contributed by atoms with Gasteiger partial charge in [0.2, 0.25) is 5.91 Å². The van der Waals surface area contributed by atoms with Gasteiger partial charge in [0.05, 0.1) is 16.8 Å². The third-order valence-electron chi connectivity index (χ3n) is 3.76. The van der Waals surface area contributed by atoms with E-state index >= 15 is 0 Å². The molecule has 0 spiro atoms. The van der Waals surface area contributed by atoms with E-state index in [9.17, 15) is 9.59 Å². The predicted molar refractivity (Wildman–Crippen MR) is 101 cm³/mol. The summed E-state index contributed by atoms with van der Waals surface area (Å²) in [6, 6.07) is 12.0. The van der Waals surface area contributed by atoms with Crippen LogP contribution >= 0.6 is 11.8 Å². The van der Waals surface area contributed by atoms with Crippen LogP contribution in [0, 0.1) is 0 Å². The molecule has 3 N–H and O–H groups in total. The second-order valence-electron chi connectivity index (χ2n) is 5.71. The topological polar surface area (TPSA) is 105 Å². The minimum absolute atomic E-state index is 0.0639. The van der Waals surface area contributed by atoms with Gasteiger partial charge >= 0.3 is 6.03 Å². The van der Waals surface area contributed by atoms with Crippen molar-refractivity contribution in [3.63, 3.8) is 0 Å². The lowest BCUT2D eigenvalue weighted by molar-refractivity contribution is -0.117. The molecular weight excluding hydrogens is 368 g/mol. The van der Waals surface area contributed by atoms with Gasteiger partial charge in [0.1, 0.15) is 13.2 Å². The van der Waals surface area contributed by atoms with Gasteiger partial charge in [-0.2, -0.15) is 0 Å². The largest absolute Gasteiger partial charge is 0.486 e. The van der Waals surface area contributed by atoms with Crippen molar-refractivity contribution >= 4 is 40.4 Å². The van der Waals surface area contributed by atoms with Crippen LogP contribution in [-0.2, 0) is 4.79 Å². The number of imidazole rings is 1. The number of thioether (sulfide) groups is 1. The van der Waals surface area contributed by atoms with E-state index < -0.39 is 11.9 Å². The number of hydrogen-bond acceptors (Lipinski definition) is 6. The maximum absolute atomic E-state index is 12.0. The van der Waals surface area contributed by atoms with Crippen molar-refractivity contribution < 1.29 is 19.1 Å². The number of imide groups is 1. The summed E-state index contributed by atoms with van der Waals surface area (Å²) < 4.78 is 10.9. The van der Waals surface area contributed by atoms with Crippen molar-refractivity contribution in [2.75, 3.05) is 24.3 Å². The van der Waals surface area contributed by atoms with Gasteiger partial charge in [0.15, 0.2) is 16.7 Å². The molecule has 3 amide bonds. The number of carbonyl (C=O) groups is 2. The van der Waals surface area contributed by atoms with E-state index in [4.69, 9.17) is 9.47 Å². The summed E-state index contributed by atoms with van der Waals surface area (Å²) in [5.74, 6) is 0.834. The number of urea groups is 1. The number of benzene rings is 2. The Hall–Kier alpha value is -3.20. The normalized spacial score (nSPS) is 12.6. The number of anilines is 1. The van der Waals surface area contributed by atoms with Crippen molar-refractivity contribution in [2.24, 2.45) is 0 Å². The maximum atomic E-state index is 12.0. The first kappa shape index (κ1) is 17.2. The molecule has 4 rings (SSSR count). The standard InChI is InChI=1S/C18H16N4O4S/c23-16(10-27-18-20-12-3-1-2-4-13(12)21-18)22-17(24)19-11-5-6-14-15(9-11)26-8-7-25-14/h1-6,9H,7-8,10H2,(H,20,21)(H2,19,22,23,24). The van der Waals surface area contributed by atoms with E-state index in [1.54, 1.807) is 18.2 Å². The van der Waals surface area contributed by atoms with Gasteiger partial charge in [0, 0.05) is 11.8 Å². The third kappa shape index (κ3) is 4.14. The van der Waals surface area contributed by atoms with Gasteiger partial charge in [-0.15, -0.1) is 0 Å². The van der Waals surface area contributed by atoms with Crippen LogP contribution in [0.3, 0.4) is 0 Å². The zero-order chi connectivity index (χ0) is 18.6. The van der Waals surface area contributed by atoms with Gasteiger partial charge in [0.25, 0.3) is 0 Å². The first-order valence-corrected chi connectivity index (χ1v) is 9.24. The zero-order valence-electron chi connectivity index (χ0n) is 14.2. The fourth-order valence-electron chi connectivity index (χ4n) is 2.58. The number of rotatable bonds is 4. The molecule has 1 aromatic heterocycles. The van der Waals surface area contributed by atoms with Gasteiger partial charge in [-0.25, -0.2) is 9.78 Å². The number of nitrogens with one attached hydrogen (secondary N) is 3. The van der Waals surface area contributed by atoms with E-state index in [1.807, 2.05) is 24.3 Å². The average molecular weight is 384 g/mol. The lowest BCUT2D eigenvalue weighted by Crippen LogP contribution is -2.35. The second kappa shape index (κ2) is 7.58. The Balaban J connectivity index is 1.29. The molecule has 0 radical (unpaired) electrons. The lowest BCUT2D eigenvalue weighted by Gasteiger charge is -2.19. The molecule has 138 valence electrons. The fraction of sp³-hybridized carbons (Fsp3) is 0.167. The molecule has 8 nitrogen and oxygen atoms in total. The molecule has 0 bridgehead atoms. The van der Waals surface area contributed by atoms with E-state index in [0.717, 1.165) is 11.0 Å². The molecule has 0 atom stereocenters. The number of H-pyrrole nitrogens is 1. The van der Waals surface area contributed by atoms with Crippen molar-refractivity contribution in [3.8, 4) is 11.5 Å². The van der Waals surface area contributed by atoms with Crippen LogP contribution in [0.4, 0.5) is 10.5 Å². The summed E-state index contributed by atoms with van der Waals surface area (Å²) in [5.41, 5.74) is 2.24. The highest BCUT2D eigenvalue weighted by Gasteiger charge is 2.14. The van der Waals surface area contributed by atoms with Crippen LogP contribution in [0.5, 0.6) is 11.5 Å². The van der Waals surface area contributed by atoms with Gasteiger partial charge < -0.3 is 19.8 Å². The quantitative estimate of drug-likeness (QED) is 0.598. The number of nitrogens with zero attached hydrogens (tertiary/aromatic N) is 1. The zero-order valence-corrected chi connectivity index (χ0v) is 15.0.